The van der Waals surface area contributed by atoms with Crippen molar-refractivity contribution < 1.29 is 0 Å². The Bertz CT molecular complexity index is 515. The predicted octanol–water partition coefficient (Wildman–Crippen LogP) is 0.620. The Hall–Kier alpha value is -1.44. The molecule has 3 heterocycles. The summed E-state index contributed by atoms with van der Waals surface area (Å²) in [7, 11) is 0. The molecule has 0 aliphatic carbocycles. The van der Waals surface area contributed by atoms with Gasteiger partial charge in [0.2, 0.25) is 0 Å². The van der Waals surface area contributed by atoms with E-state index in [2.05, 4.69) is 30.5 Å². The van der Waals surface area contributed by atoms with Crippen molar-refractivity contribution in [1.29, 1.82) is 0 Å². The van der Waals surface area contributed by atoms with E-state index in [1.807, 2.05) is 17.9 Å². The lowest BCUT2D eigenvalue weighted by atomic mass is 10.3. The molecule has 0 bridgehead atoms. The molecule has 7 heteroatoms. The molecule has 3 rings (SSSR count). The van der Waals surface area contributed by atoms with Crippen LogP contribution in [0, 0.1) is 0 Å². The SMILES string of the molecule is NCCn1cnc(CN2CCN(c3nccs3)CC2)c1. The minimum atomic E-state index is 0.655. The number of imidazole rings is 1. The standard InChI is InChI=1S/C13H20N6S/c14-1-3-18-10-12(16-11-18)9-17-4-6-19(7-5-17)13-15-2-8-20-13/h2,8,10-11H,1,3-7,9,14H2. The molecule has 0 radical (unpaired) electrons. The van der Waals surface area contributed by atoms with Gasteiger partial charge < -0.3 is 15.2 Å². The first kappa shape index (κ1) is 13.5. The number of thiazole rings is 1. The van der Waals surface area contributed by atoms with Crippen LogP contribution in [0.25, 0.3) is 0 Å². The minimum absolute atomic E-state index is 0.655. The fourth-order valence-electron chi connectivity index (χ4n) is 2.46. The summed E-state index contributed by atoms with van der Waals surface area (Å²) in [6.45, 7) is 6.61. The third kappa shape index (κ3) is 3.17. The van der Waals surface area contributed by atoms with E-state index < -0.39 is 0 Å². The molecule has 0 spiro atoms. The summed E-state index contributed by atoms with van der Waals surface area (Å²) in [4.78, 5) is 13.6. The maximum Gasteiger partial charge on any atom is 0.185 e. The van der Waals surface area contributed by atoms with Gasteiger partial charge in [0.05, 0.1) is 12.0 Å². The molecule has 2 aromatic rings. The minimum Gasteiger partial charge on any atom is -0.346 e. The molecule has 1 aliphatic rings. The maximum absolute atomic E-state index is 5.55. The zero-order valence-electron chi connectivity index (χ0n) is 11.5. The van der Waals surface area contributed by atoms with E-state index in [1.54, 1.807) is 11.3 Å². The van der Waals surface area contributed by atoms with Crippen molar-refractivity contribution in [3.63, 3.8) is 0 Å². The lowest BCUT2D eigenvalue weighted by Gasteiger charge is -2.34. The van der Waals surface area contributed by atoms with E-state index in [0.29, 0.717) is 6.54 Å². The Kier molecular flexibility index (Phi) is 4.29. The van der Waals surface area contributed by atoms with Gasteiger partial charge in [0, 0.05) is 63.6 Å². The molecule has 1 fully saturated rings. The predicted molar refractivity (Wildman–Crippen MR) is 80.9 cm³/mol. The van der Waals surface area contributed by atoms with Crippen molar-refractivity contribution in [1.82, 2.24) is 19.4 Å². The van der Waals surface area contributed by atoms with E-state index in [0.717, 1.165) is 50.1 Å². The van der Waals surface area contributed by atoms with E-state index in [9.17, 15) is 0 Å². The van der Waals surface area contributed by atoms with Crippen LogP contribution < -0.4 is 10.6 Å². The van der Waals surface area contributed by atoms with Gasteiger partial charge in [0.1, 0.15) is 0 Å². The second-order valence-corrected chi connectivity index (χ2v) is 5.84. The van der Waals surface area contributed by atoms with Crippen LogP contribution in [-0.4, -0.2) is 52.2 Å². The average molecular weight is 292 g/mol. The van der Waals surface area contributed by atoms with Gasteiger partial charge in [0.25, 0.3) is 0 Å². The molecular formula is C13H20N6S. The van der Waals surface area contributed by atoms with Crippen molar-refractivity contribution in [2.75, 3.05) is 37.6 Å². The molecule has 6 nitrogen and oxygen atoms in total. The summed E-state index contributed by atoms with van der Waals surface area (Å²) in [6.07, 6.45) is 5.84. The van der Waals surface area contributed by atoms with Gasteiger partial charge in [-0.3, -0.25) is 4.90 Å². The summed E-state index contributed by atoms with van der Waals surface area (Å²) in [5.41, 5.74) is 6.67. The molecular weight excluding hydrogens is 272 g/mol. The first-order chi connectivity index (χ1) is 9.85. The van der Waals surface area contributed by atoms with Gasteiger partial charge in [-0.2, -0.15) is 0 Å². The fraction of sp³-hybridized carbons (Fsp3) is 0.538. The Morgan fingerprint density at radius 3 is 2.75 bits per heavy atom. The molecule has 0 amide bonds. The van der Waals surface area contributed by atoms with Gasteiger partial charge in [-0.05, 0) is 0 Å². The third-order valence-corrected chi connectivity index (χ3v) is 4.35. The van der Waals surface area contributed by atoms with E-state index in [4.69, 9.17) is 5.73 Å². The number of hydrogen-bond acceptors (Lipinski definition) is 6. The van der Waals surface area contributed by atoms with Crippen LogP contribution in [-0.2, 0) is 13.1 Å². The van der Waals surface area contributed by atoms with Gasteiger partial charge in [0.15, 0.2) is 5.13 Å². The molecule has 2 N–H and O–H groups in total. The van der Waals surface area contributed by atoms with E-state index in [1.165, 1.54) is 0 Å². The first-order valence-electron chi connectivity index (χ1n) is 6.92. The molecule has 0 unspecified atom stereocenters. The number of hydrogen-bond donors (Lipinski definition) is 1. The summed E-state index contributed by atoms with van der Waals surface area (Å²) >= 11 is 1.71. The number of anilines is 1. The monoisotopic (exact) mass is 292 g/mol. The van der Waals surface area contributed by atoms with Gasteiger partial charge in [-0.15, -0.1) is 11.3 Å². The number of nitrogens with zero attached hydrogens (tertiary/aromatic N) is 5. The molecule has 1 aliphatic heterocycles. The van der Waals surface area contributed by atoms with Crippen molar-refractivity contribution >= 4 is 16.5 Å². The zero-order valence-corrected chi connectivity index (χ0v) is 12.3. The van der Waals surface area contributed by atoms with Crippen LogP contribution in [0.4, 0.5) is 5.13 Å². The van der Waals surface area contributed by atoms with Crippen molar-refractivity contribution in [3.8, 4) is 0 Å². The van der Waals surface area contributed by atoms with Crippen molar-refractivity contribution in [3.05, 3.63) is 29.8 Å². The Balaban J connectivity index is 1.50. The van der Waals surface area contributed by atoms with E-state index >= 15 is 0 Å². The highest BCUT2D eigenvalue weighted by molar-refractivity contribution is 7.13. The number of nitrogens with two attached hydrogens (primary N) is 1. The Morgan fingerprint density at radius 2 is 2.05 bits per heavy atom. The van der Waals surface area contributed by atoms with Gasteiger partial charge in [-0.1, -0.05) is 0 Å². The molecule has 1 saturated heterocycles. The second kappa shape index (κ2) is 6.34. The quantitative estimate of drug-likeness (QED) is 0.875. The molecule has 0 aromatic carbocycles. The van der Waals surface area contributed by atoms with Crippen LogP contribution in [0.5, 0.6) is 0 Å². The Labute approximate surface area is 122 Å². The average Bonchev–Trinajstić information content (AvgIpc) is 3.12. The van der Waals surface area contributed by atoms with Crippen LogP contribution in [0.3, 0.4) is 0 Å². The topological polar surface area (TPSA) is 63.2 Å². The van der Waals surface area contributed by atoms with Gasteiger partial charge in [-0.25, -0.2) is 9.97 Å². The summed E-state index contributed by atoms with van der Waals surface area (Å²) in [5.74, 6) is 0. The number of aromatic nitrogens is 3. The summed E-state index contributed by atoms with van der Waals surface area (Å²) in [5, 5.41) is 3.17. The van der Waals surface area contributed by atoms with Crippen molar-refractivity contribution in [2.24, 2.45) is 5.73 Å². The van der Waals surface area contributed by atoms with Crippen LogP contribution in [0.15, 0.2) is 24.1 Å². The highest BCUT2D eigenvalue weighted by Crippen LogP contribution is 2.19. The number of rotatable bonds is 5. The van der Waals surface area contributed by atoms with Crippen LogP contribution >= 0.6 is 11.3 Å². The lowest BCUT2D eigenvalue weighted by Crippen LogP contribution is -2.46. The largest absolute Gasteiger partial charge is 0.346 e. The fourth-order valence-corrected chi connectivity index (χ4v) is 3.15. The number of piperazine rings is 1. The lowest BCUT2D eigenvalue weighted by molar-refractivity contribution is 0.247. The zero-order chi connectivity index (χ0) is 13.8. The highest BCUT2D eigenvalue weighted by atomic mass is 32.1. The van der Waals surface area contributed by atoms with Crippen LogP contribution in [0.2, 0.25) is 0 Å². The Morgan fingerprint density at radius 1 is 1.20 bits per heavy atom. The van der Waals surface area contributed by atoms with Crippen molar-refractivity contribution in [2.45, 2.75) is 13.1 Å². The molecule has 0 saturated carbocycles. The molecule has 2 aromatic heterocycles. The highest BCUT2D eigenvalue weighted by Gasteiger charge is 2.19. The smallest absolute Gasteiger partial charge is 0.185 e. The molecule has 108 valence electrons. The third-order valence-electron chi connectivity index (χ3n) is 3.52. The normalized spacial score (nSPS) is 16.8. The molecule has 0 atom stereocenters. The maximum atomic E-state index is 5.55. The summed E-state index contributed by atoms with van der Waals surface area (Å²) in [6, 6.07) is 0. The van der Waals surface area contributed by atoms with E-state index in [-0.39, 0.29) is 0 Å². The van der Waals surface area contributed by atoms with Crippen LogP contribution in [0.1, 0.15) is 5.69 Å². The first-order valence-corrected chi connectivity index (χ1v) is 7.80. The molecule has 20 heavy (non-hydrogen) atoms. The summed E-state index contributed by atoms with van der Waals surface area (Å²) < 4.78 is 2.06. The second-order valence-electron chi connectivity index (χ2n) is 4.97. The van der Waals surface area contributed by atoms with Gasteiger partial charge >= 0.3 is 0 Å².